The number of alkyl halides is 1. The van der Waals surface area contributed by atoms with Crippen molar-refractivity contribution < 1.29 is 38.8 Å². The van der Waals surface area contributed by atoms with Gasteiger partial charge in [0.1, 0.15) is 29.2 Å². The van der Waals surface area contributed by atoms with Crippen molar-refractivity contribution in [1.29, 1.82) is 0 Å². The lowest BCUT2D eigenvalue weighted by Crippen LogP contribution is -2.43. The van der Waals surface area contributed by atoms with E-state index in [-0.39, 0.29) is 22.0 Å². The van der Waals surface area contributed by atoms with E-state index in [2.05, 4.69) is 4.98 Å². The summed E-state index contributed by atoms with van der Waals surface area (Å²) in [6, 6.07) is 6.50. The number of rotatable bonds is 4. The fourth-order valence-corrected chi connectivity index (χ4v) is 4.34. The Morgan fingerprint density at radius 1 is 1.50 bits per heavy atom. The highest BCUT2D eigenvalue weighted by atomic mass is 35.5. The van der Waals surface area contributed by atoms with Gasteiger partial charge in [0.15, 0.2) is 6.20 Å². The van der Waals surface area contributed by atoms with Crippen LogP contribution in [0.2, 0.25) is 5.02 Å². The fraction of sp³-hybridized carbons (Fsp3) is 0.375. The number of hydrogen-bond acceptors (Lipinski definition) is 9. The van der Waals surface area contributed by atoms with Crippen LogP contribution in [0.3, 0.4) is 0 Å². The summed E-state index contributed by atoms with van der Waals surface area (Å²) in [6.07, 6.45) is -6.64. The molecule has 5 atom stereocenters. The summed E-state index contributed by atoms with van der Waals surface area (Å²) in [6.45, 7) is -1.39. The topological polar surface area (TPSA) is 132 Å². The Hall–Kier alpha value is -1.63. The molecule has 2 aromatic rings. The van der Waals surface area contributed by atoms with Crippen LogP contribution in [0.25, 0.3) is 0 Å². The molecule has 1 aromatic heterocycles. The zero-order valence-corrected chi connectivity index (χ0v) is 17.3. The van der Waals surface area contributed by atoms with Crippen LogP contribution >= 0.6 is 31.6 Å². The van der Waals surface area contributed by atoms with E-state index >= 15 is 4.39 Å². The third-order valence-corrected chi connectivity index (χ3v) is 6.42. The number of aliphatic hydroxyl groups excluding tert-OH is 2. The van der Waals surface area contributed by atoms with Gasteiger partial charge in [-0.3, -0.25) is 18.6 Å². The molecule has 3 heterocycles. The summed E-state index contributed by atoms with van der Waals surface area (Å²) in [4.78, 5) is 14.3. The Balaban J connectivity index is 1.57. The van der Waals surface area contributed by atoms with Gasteiger partial charge in [0, 0.05) is 11.8 Å². The summed E-state index contributed by atoms with van der Waals surface area (Å²) in [7, 11) is -4.31. The second-order valence-electron chi connectivity index (χ2n) is 6.42. The van der Waals surface area contributed by atoms with E-state index in [1.54, 1.807) is 18.2 Å². The maximum Gasteiger partial charge on any atom is 0.530 e. The highest BCUT2D eigenvalue weighted by Gasteiger charge is 2.57. The number of fused-ring (bicyclic) bond motifs is 1. The summed E-state index contributed by atoms with van der Waals surface area (Å²) < 4.78 is 56.7. The molecule has 4 rings (SSSR count). The van der Waals surface area contributed by atoms with Crippen LogP contribution in [-0.4, -0.2) is 44.4 Å². The van der Waals surface area contributed by atoms with Crippen LogP contribution in [0.4, 0.5) is 4.39 Å². The molecule has 2 aliphatic heterocycles. The number of ether oxygens (including phenoxy) is 1. The first kappa shape index (κ1) is 20.3. The van der Waals surface area contributed by atoms with Crippen molar-refractivity contribution in [3.05, 3.63) is 56.2 Å². The van der Waals surface area contributed by atoms with Crippen LogP contribution in [0.1, 0.15) is 13.1 Å². The lowest BCUT2D eigenvalue weighted by atomic mass is 10.1. The van der Waals surface area contributed by atoms with Gasteiger partial charge in [-0.1, -0.05) is 42.0 Å². The van der Waals surface area contributed by atoms with Crippen LogP contribution in [-0.2, 0) is 25.0 Å². The lowest BCUT2D eigenvalue weighted by Gasteiger charge is -2.28. The average Bonchev–Trinajstić information content (AvgIpc) is 2.90. The highest BCUT2D eigenvalue weighted by molar-refractivity contribution is 7.71. The van der Waals surface area contributed by atoms with Crippen molar-refractivity contribution in [2.75, 3.05) is 6.61 Å². The van der Waals surface area contributed by atoms with Crippen molar-refractivity contribution in [1.82, 2.24) is 9.55 Å². The molecule has 0 amide bonds. The quantitative estimate of drug-likeness (QED) is 0.444. The summed E-state index contributed by atoms with van der Waals surface area (Å²) in [5.41, 5.74) is -0.466. The third kappa shape index (κ3) is 3.85. The number of phosphoric acid groups is 1. The number of halogens is 2. The van der Waals surface area contributed by atoms with Crippen LogP contribution in [0.5, 0.6) is 5.75 Å². The predicted molar refractivity (Wildman–Crippen MR) is 102 cm³/mol. The predicted octanol–water partition coefficient (Wildman–Crippen LogP) is 2.21. The monoisotopic (exact) mass is 481 g/mol. The number of para-hydroxylation sites is 1. The number of hydrogen-bond donors (Lipinski definition) is 3. The minimum absolute atomic E-state index is 0.141. The van der Waals surface area contributed by atoms with Gasteiger partial charge in [-0.05, 0) is 6.07 Å². The normalized spacial score (nSPS) is 36.1. The zero-order chi connectivity index (χ0) is 22.6. The van der Waals surface area contributed by atoms with Crippen molar-refractivity contribution in [3.8, 4) is 5.75 Å². The second-order valence-corrected chi connectivity index (χ2v) is 8.82. The molecule has 3 N–H and O–H groups in total. The number of aromatic amines is 1. The van der Waals surface area contributed by atoms with E-state index in [0.717, 1.165) is 6.20 Å². The average molecular weight is 482 g/mol. The molecule has 1 aromatic carbocycles. The number of aliphatic hydroxyl groups is 2. The molecule has 1 unspecified atom stereocenters. The van der Waals surface area contributed by atoms with Crippen molar-refractivity contribution in [2.45, 2.75) is 30.9 Å². The van der Waals surface area contributed by atoms with E-state index < -0.39 is 44.4 Å². The first-order chi connectivity index (χ1) is 14.5. The Morgan fingerprint density at radius 3 is 3.00 bits per heavy atom. The molecule has 2 aliphatic rings. The number of phosphoric ester groups is 1. The number of nitrogens with one attached hydrogen (secondary N) is 1. The van der Waals surface area contributed by atoms with E-state index in [9.17, 15) is 19.6 Å². The molecule has 162 valence electrons. The zero-order valence-electron chi connectivity index (χ0n) is 15.9. The van der Waals surface area contributed by atoms with Crippen LogP contribution in [0, 0.1) is 4.64 Å². The minimum atomic E-state index is -4.31. The smallest absolute Gasteiger partial charge is 0.404 e. The molecule has 1 saturated heterocycles. The fourth-order valence-electron chi connectivity index (χ4n) is 2.82. The summed E-state index contributed by atoms with van der Waals surface area (Å²) in [5.74, 6) is -3.06. The van der Waals surface area contributed by atoms with Gasteiger partial charge in [-0.2, -0.15) is 0 Å². The Bertz CT molecular complexity index is 1200. The van der Waals surface area contributed by atoms with E-state index in [1.807, 2.05) is 0 Å². The Morgan fingerprint density at radius 2 is 2.23 bits per heavy atom. The van der Waals surface area contributed by atoms with Crippen molar-refractivity contribution in [3.63, 3.8) is 0 Å². The standard InChI is InChI=1S/C16H15ClFN2O8PS/c17-9-5-20(15(23)19-13(9)30)14-11(21)12(22)16(18,27-14)7-26-29(24)25-6-8-3-1-2-4-10(8)28-29/h1-5,11-12,14,21-22H,6-7H2,(H,19,23,30)/t11-,12+,14-,16-,29?/m1/s1/i14D. The largest absolute Gasteiger partial charge is 0.530 e. The van der Waals surface area contributed by atoms with E-state index in [1.165, 1.54) is 6.07 Å². The molecular weight excluding hydrogens is 466 g/mol. The van der Waals surface area contributed by atoms with Gasteiger partial charge < -0.3 is 19.5 Å². The summed E-state index contributed by atoms with van der Waals surface area (Å²) in [5, 5.41) is 20.3. The second kappa shape index (κ2) is 7.81. The SMILES string of the molecule is [2H][C@@]1(n2cc(Cl)c(=S)[nH]c2=O)O[C@](F)(COP2(=O)OCc3ccccc3O2)[C@@H](O)[C@H]1O. The molecule has 0 bridgehead atoms. The van der Waals surface area contributed by atoms with Crippen molar-refractivity contribution >= 4 is 31.6 Å². The minimum Gasteiger partial charge on any atom is -0.404 e. The van der Waals surface area contributed by atoms with Gasteiger partial charge in [0.25, 0.3) is 5.85 Å². The van der Waals surface area contributed by atoms with Gasteiger partial charge >= 0.3 is 13.5 Å². The number of aromatic nitrogens is 2. The van der Waals surface area contributed by atoms with Gasteiger partial charge in [0.05, 0.1) is 13.0 Å². The number of benzene rings is 1. The molecule has 0 spiro atoms. The molecule has 30 heavy (non-hydrogen) atoms. The van der Waals surface area contributed by atoms with E-state index in [4.69, 9.17) is 43.5 Å². The molecule has 0 aliphatic carbocycles. The molecule has 14 heteroatoms. The van der Waals surface area contributed by atoms with E-state index in [0.29, 0.717) is 10.1 Å². The molecule has 1 fully saturated rings. The maximum absolute atomic E-state index is 15.4. The first-order valence-corrected chi connectivity index (χ1v) is 10.7. The molecule has 10 nitrogen and oxygen atoms in total. The maximum atomic E-state index is 15.4. The summed E-state index contributed by atoms with van der Waals surface area (Å²) >= 11 is 10.6. The van der Waals surface area contributed by atoms with Crippen LogP contribution < -0.4 is 10.2 Å². The number of H-pyrrole nitrogens is 1. The van der Waals surface area contributed by atoms with Gasteiger partial charge in [-0.15, -0.1) is 0 Å². The Labute approximate surface area is 179 Å². The lowest BCUT2D eigenvalue weighted by molar-refractivity contribution is -0.205. The molecular formula is C16H15ClFN2O8PS. The first-order valence-electron chi connectivity index (χ1n) is 8.91. The van der Waals surface area contributed by atoms with Gasteiger partial charge in [0.2, 0.25) is 0 Å². The van der Waals surface area contributed by atoms with Crippen molar-refractivity contribution in [2.24, 2.45) is 0 Å². The Kier molecular flexibility index (Phi) is 5.28. The third-order valence-electron chi connectivity index (χ3n) is 4.38. The molecule has 0 radical (unpaired) electrons. The molecule has 0 saturated carbocycles. The van der Waals surface area contributed by atoms with Crippen LogP contribution in [0.15, 0.2) is 35.3 Å². The highest BCUT2D eigenvalue weighted by Crippen LogP contribution is 2.55. The number of nitrogens with zero attached hydrogens (tertiary/aromatic N) is 1. The van der Waals surface area contributed by atoms with Gasteiger partial charge in [-0.25, -0.2) is 13.8 Å².